The van der Waals surface area contributed by atoms with Crippen molar-refractivity contribution in [1.82, 2.24) is 4.98 Å². The molecular weight excluding hydrogens is 230 g/mol. The van der Waals surface area contributed by atoms with Crippen LogP contribution in [0.5, 0.6) is 5.75 Å². The lowest BCUT2D eigenvalue weighted by Crippen LogP contribution is -2.20. The van der Waals surface area contributed by atoms with Crippen molar-refractivity contribution >= 4 is 5.84 Å². The van der Waals surface area contributed by atoms with Crippen LogP contribution in [0.2, 0.25) is 0 Å². The molecule has 0 saturated heterocycles. The van der Waals surface area contributed by atoms with Crippen LogP contribution in [-0.4, -0.2) is 22.1 Å². The van der Waals surface area contributed by atoms with Gasteiger partial charge < -0.3 is 15.7 Å². The molecule has 0 radical (unpaired) electrons. The molecule has 5 nitrogen and oxygen atoms in total. The van der Waals surface area contributed by atoms with Crippen molar-refractivity contribution in [2.45, 2.75) is 45.6 Å². The van der Waals surface area contributed by atoms with Crippen molar-refractivity contribution in [2.24, 2.45) is 10.9 Å². The zero-order valence-corrected chi connectivity index (χ0v) is 10.8. The number of hydrogen-bond acceptors (Lipinski definition) is 4. The minimum atomic E-state index is 0.0491. The second-order valence-electron chi connectivity index (χ2n) is 4.73. The molecule has 0 bridgehead atoms. The molecule has 1 aliphatic rings. The summed E-state index contributed by atoms with van der Waals surface area (Å²) in [6.07, 6.45) is 4.77. The predicted molar refractivity (Wildman–Crippen MR) is 69.1 cm³/mol. The average Bonchev–Trinajstić information content (AvgIpc) is 2.80. The van der Waals surface area contributed by atoms with Crippen molar-refractivity contribution < 1.29 is 9.94 Å². The molecule has 1 saturated carbocycles. The Morgan fingerprint density at radius 2 is 2.11 bits per heavy atom. The van der Waals surface area contributed by atoms with Crippen LogP contribution in [-0.2, 0) is 0 Å². The van der Waals surface area contributed by atoms with E-state index in [1.54, 1.807) is 0 Å². The van der Waals surface area contributed by atoms with E-state index in [0.717, 1.165) is 24.2 Å². The number of hydrogen-bond donors (Lipinski definition) is 2. The summed E-state index contributed by atoms with van der Waals surface area (Å²) in [4.78, 5) is 4.33. The van der Waals surface area contributed by atoms with Crippen molar-refractivity contribution in [3.05, 3.63) is 23.0 Å². The summed E-state index contributed by atoms with van der Waals surface area (Å²) in [6.45, 7) is 3.74. The zero-order chi connectivity index (χ0) is 13.1. The SMILES string of the molecule is Cc1cc(OC2CCCC2)c(/C(N)=N/O)c(C)n1. The van der Waals surface area contributed by atoms with Crippen LogP contribution in [0.1, 0.15) is 42.6 Å². The maximum absolute atomic E-state index is 8.85. The molecule has 0 atom stereocenters. The third kappa shape index (κ3) is 2.55. The monoisotopic (exact) mass is 249 g/mol. The van der Waals surface area contributed by atoms with Crippen LogP contribution in [0.15, 0.2) is 11.2 Å². The molecule has 18 heavy (non-hydrogen) atoms. The van der Waals surface area contributed by atoms with Gasteiger partial charge in [-0.25, -0.2) is 0 Å². The molecule has 1 aromatic heterocycles. The van der Waals surface area contributed by atoms with Crippen LogP contribution in [0.25, 0.3) is 0 Å². The average molecular weight is 249 g/mol. The maximum Gasteiger partial charge on any atom is 0.175 e. The van der Waals surface area contributed by atoms with E-state index in [4.69, 9.17) is 15.7 Å². The van der Waals surface area contributed by atoms with Gasteiger partial charge in [-0.05, 0) is 39.5 Å². The van der Waals surface area contributed by atoms with Gasteiger partial charge in [0.15, 0.2) is 5.84 Å². The fourth-order valence-corrected chi connectivity index (χ4v) is 2.43. The molecule has 0 aliphatic heterocycles. The number of aryl methyl sites for hydroxylation is 2. The van der Waals surface area contributed by atoms with E-state index in [9.17, 15) is 0 Å². The second-order valence-corrected chi connectivity index (χ2v) is 4.73. The number of oxime groups is 1. The lowest BCUT2D eigenvalue weighted by molar-refractivity contribution is 0.209. The largest absolute Gasteiger partial charge is 0.490 e. The molecule has 1 fully saturated rings. The fourth-order valence-electron chi connectivity index (χ4n) is 2.43. The first-order valence-corrected chi connectivity index (χ1v) is 6.24. The summed E-state index contributed by atoms with van der Waals surface area (Å²) >= 11 is 0. The number of nitrogens with zero attached hydrogens (tertiary/aromatic N) is 2. The highest BCUT2D eigenvalue weighted by Crippen LogP contribution is 2.28. The van der Waals surface area contributed by atoms with Gasteiger partial charge in [-0.1, -0.05) is 5.16 Å². The molecule has 3 N–H and O–H groups in total. The Labute approximate surface area is 107 Å². The highest BCUT2D eigenvalue weighted by atomic mass is 16.5. The van der Waals surface area contributed by atoms with Crippen LogP contribution in [0.3, 0.4) is 0 Å². The molecule has 5 heteroatoms. The fraction of sp³-hybridized carbons (Fsp3) is 0.538. The van der Waals surface area contributed by atoms with E-state index in [0.29, 0.717) is 11.3 Å². The molecule has 1 aromatic rings. The van der Waals surface area contributed by atoms with E-state index in [1.165, 1.54) is 12.8 Å². The minimum Gasteiger partial charge on any atom is -0.490 e. The quantitative estimate of drug-likeness (QED) is 0.372. The summed E-state index contributed by atoms with van der Waals surface area (Å²) in [5.74, 6) is 0.718. The molecule has 98 valence electrons. The summed E-state index contributed by atoms with van der Waals surface area (Å²) in [7, 11) is 0. The third-order valence-corrected chi connectivity index (χ3v) is 3.25. The Kier molecular flexibility index (Phi) is 3.69. The van der Waals surface area contributed by atoms with Gasteiger partial charge in [0, 0.05) is 11.8 Å². The second kappa shape index (κ2) is 5.25. The minimum absolute atomic E-state index is 0.0491. The van der Waals surface area contributed by atoms with E-state index >= 15 is 0 Å². The van der Waals surface area contributed by atoms with Crippen molar-refractivity contribution in [3.8, 4) is 5.75 Å². The van der Waals surface area contributed by atoms with Crippen LogP contribution >= 0.6 is 0 Å². The number of rotatable bonds is 3. The van der Waals surface area contributed by atoms with Gasteiger partial charge in [0.05, 0.1) is 17.4 Å². The first-order chi connectivity index (χ1) is 8.61. The lowest BCUT2D eigenvalue weighted by Gasteiger charge is -2.17. The smallest absolute Gasteiger partial charge is 0.175 e. The molecule has 0 aromatic carbocycles. The summed E-state index contributed by atoms with van der Waals surface area (Å²) in [5, 5.41) is 11.9. The van der Waals surface area contributed by atoms with Crippen molar-refractivity contribution in [3.63, 3.8) is 0 Å². The topological polar surface area (TPSA) is 80.7 Å². The highest BCUT2D eigenvalue weighted by Gasteiger charge is 2.21. The highest BCUT2D eigenvalue weighted by molar-refractivity contribution is 6.00. The number of amidine groups is 1. The van der Waals surface area contributed by atoms with Crippen LogP contribution < -0.4 is 10.5 Å². The van der Waals surface area contributed by atoms with Gasteiger partial charge in [-0.2, -0.15) is 0 Å². The van der Waals surface area contributed by atoms with Gasteiger partial charge in [0.1, 0.15) is 5.75 Å². The Morgan fingerprint density at radius 1 is 1.44 bits per heavy atom. The first kappa shape index (κ1) is 12.7. The lowest BCUT2D eigenvalue weighted by atomic mass is 10.1. The maximum atomic E-state index is 8.85. The first-order valence-electron chi connectivity index (χ1n) is 6.24. The number of ether oxygens (including phenoxy) is 1. The molecular formula is C13H19N3O2. The van der Waals surface area contributed by atoms with Gasteiger partial charge in [-0.15, -0.1) is 0 Å². The molecule has 1 aliphatic carbocycles. The summed E-state index contributed by atoms with van der Waals surface area (Å²) in [5.41, 5.74) is 7.88. The van der Waals surface area contributed by atoms with Crippen molar-refractivity contribution in [1.29, 1.82) is 0 Å². The van der Waals surface area contributed by atoms with Crippen LogP contribution in [0, 0.1) is 13.8 Å². The van der Waals surface area contributed by atoms with Gasteiger partial charge in [0.2, 0.25) is 0 Å². The third-order valence-electron chi connectivity index (χ3n) is 3.25. The van der Waals surface area contributed by atoms with Gasteiger partial charge in [0.25, 0.3) is 0 Å². The van der Waals surface area contributed by atoms with E-state index < -0.39 is 0 Å². The van der Waals surface area contributed by atoms with Gasteiger partial charge >= 0.3 is 0 Å². The standard InChI is InChI=1S/C13H19N3O2/c1-8-7-11(18-10-5-3-4-6-10)12(9(2)15-8)13(14)16-17/h7,10,17H,3-6H2,1-2H3,(H2,14,16). The van der Waals surface area contributed by atoms with Crippen LogP contribution in [0.4, 0.5) is 0 Å². The number of pyridine rings is 1. The Balaban J connectivity index is 2.36. The van der Waals surface area contributed by atoms with Crippen molar-refractivity contribution in [2.75, 3.05) is 0 Å². The predicted octanol–water partition coefficient (Wildman–Crippen LogP) is 2.11. The molecule has 0 amide bonds. The zero-order valence-electron chi connectivity index (χ0n) is 10.8. The van der Waals surface area contributed by atoms with E-state index in [2.05, 4.69) is 10.1 Å². The summed E-state index contributed by atoms with van der Waals surface area (Å²) < 4.78 is 5.98. The Hall–Kier alpha value is -1.78. The molecule has 0 spiro atoms. The Bertz CT molecular complexity index is 466. The molecule has 0 unspecified atom stereocenters. The Morgan fingerprint density at radius 3 is 2.72 bits per heavy atom. The summed E-state index contributed by atoms with van der Waals surface area (Å²) in [6, 6.07) is 1.85. The number of aromatic nitrogens is 1. The number of nitrogens with two attached hydrogens (primary N) is 1. The molecule has 1 heterocycles. The normalized spacial score (nSPS) is 17.1. The van der Waals surface area contributed by atoms with Gasteiger partial charge in [-0.3, -0.25) is 4.98 Å². The van der Waals surface area contributed by atoms with E-state index in [-0.39, 0.29) is 11.9 Å². The molecule has 2 rings (SSSR count). The van der Waals surface area contributed by atoms with E-state index in [1.807, 2.05) is 19.9 Å².